The van der Waals surface area contributed by atoms with Gasteiger partial charge >= 0.3 is 6.03 Å². The number of nitrogens with two attached hydrogens (primary N) is 1. The lowest BCUT2D eigenvalue weighted by Crippen LogP contribution is -2.25. The van der Waals surface area contributed by atoms with E-state index < -0.39 is 6.03 Å². The van der Waals surface area contributed by atoms with E-state index in [0.29, 0.717) is 5.92 Å². The highest BCUT2D eigenvalue weighted by Gasteiger charge is 1.96. The van der Waals surface area contributed by atoms with Gasteiger partial charge in [0.1, 0.15) is 0 Å². The van der Waals surface area contributed by atoms with Gasteiger partial charge in [0.15, 0.2) is 0 Å². The number of carbonyl (C=O) groups is 1. The fourth-order valence-electron chi connectivity index (χ4n) is 0.704. The summed E-state index contributed by atoms with van der Waals surface area (Å²) in [6.45, 7) is 6.17. The van der Waals surface area contributed by atoms with E-state index in [1.54, 1.807) is 0 Å². The normalized spacial score (nSPS) is 11.8. The number of amides is 2. The van der Waals surface area contributed by atoms with Gasteiger partial charge in [-0.05, 0) is 25.7 Å². The van der Waals surface area contributed by atoms with Crippen molar-refractivity contribution in [2.45, 2.75) is 33.6 Å². The SMILES string of the molecule is CC(CCC(C)C)=NNC(N)=O. The highest BCUT2D eigenvalue weighted by Crippen LogP contribution is 2.03. The van der Waals surface area contributed by atoms with Crippen LogP contribution in [-0.4, -0.2) is 11.7 Å². The molecule has 0 aromatic rings. The van der Waals surface area contributed by atoms with E-state index in [-0.39, 0.29) is 0 Å². The van der Waals surface area contributed by atoms with Gasteiger partial charge in [-0.3, -0.25) is 0 Å². The molecule has 0 aromatic carbocycles. The molecular formula is C8H17N3O. The minimum absolute atomic E-state index is 0.612. The third-order valence-corrected chi connectivity index (χ3v) is 1.44. The summed E-state index contributed by atoms with van der Waals surface area (Å²) < 4.78 is 0. The van der Waals surface area contributed by atoms with Crippen molar-refractivity contribution in [2.24, 2.45) is 16.8 Å². The van der Waals surface area contributed by atoms with Gasteiger partial charge in [0.25, 0.3) is 0 Å². The van der Waals surface area contributed by atoms with Crippen molar-refractivity contribution in [2.75, 3.05) is 0 Å². The summed E-state index contributed by atoms with van der Waals surface area (Å²) in [4.78, 5) is 10.2. The van der Waals surface area contributed by atoms with Crippen LogP contribution in [0.25, 0.3) is 0 Å². The topological polar surface area (TPSA) is 67.5 Å². The number of nitrogens with zero attached hydrogens (tertiary/aromatic N) is 1. The Balaban J connectivity index is 3.63. The van der Waals surface area contributed by atoms with Crippen LogP contribution in [0.3, 0.4) is 0 Å². The van der Waals surface area contributed by atoms with Gasteiger partial charge in [0.2, 0.25) is 0 Å². The fourth-order valence-corrected chi connectivity index (χ4v) is 0.704. The molecular weight excluding hydrogens is 154 g/mol. The zero-order valence-electron chi connectivity index (χ0n) is 7.92. The molecule has 0 saturated carbocycles. The van der Waals surface area contributed by atoms with Crippen LogP contribution in [0.15, 0.2) is 5.10 Å². The highest BCUT2D eigenvalue weighted by molar-refractivity contribution is 5.83. The van der Waals surface area contributed by atoms with E-state index in [0.717, 1.165) is 18.6 Å². The summed E-state index contributed by atoms with van der Waals surface area (Å²) in [5, 5.41) is 3.79. The molecule has 0 bridgehead atoms. The molecule has 4 nitrogen and oxygen atoms in total. The predicted molar refractivity (Wildman–Crippen MR) is 49.9 cm³/mol. The summed E-state index contributed by atoms with van der Waals surface area (Å²) in [6.07, 6.45) is 1.98. The monoisotopic (exact) mass is 171 g/mol. The van der Waals surface area contributed by atoms with Crippen molar-refractivity contribution >= 4 is 11.7 Å². The van der Waals surface area contributed by atoms with E-state index in [4.69, 9.17) is 5.73 Å². The molecule has 70 valence electrons. The van der Waals surface area contributed by atoms with Crippen LogP contribution in [0.2, 0.25) is 0 Å². The first-order valence-electron chi connectivity index (χ1n) is 4.11. The molecule has 0 spiro atoms. The van der Waals surface area contributed by atoms with Gasteiger partial charge in [-0.1, -0.05) is 13.8 Å². The van der Waals surface area contributed by atoms with Gasteiger partial charge in [0.05, 0.1) is 0 Å². The van der Waals surface area contributed by atoms with E-state index in [9.17, 15) is 4.79 Å². The second kappa shape index (κ2) is 5.57. The minimum atomic E-state index is -0.612. The molecule has 0 aliphatic carbocycles. The summed E-state index contributed by atoms with van der Waals surface area (Å²) in [6, 6.07) is -0.612. The maximum atomic E-state index is 10.2. The van der Waals surface area contributed by atoms with Crippen molar-refractivity contribution in [1.82, 2.24) is 5.43 Å². The van der Waals surface area contributed by atoms with Gasteiger partial charge in [-0.25, -0.2) is 10.2 Å². The Morgan fingerprint density at radius 2 is 2.17 bits per heavy atom. The number of hydrogen-bond donors (Lipinski definition) is 2. The Labute approximate surface area is 73.2 Å². The van der Waals surface area contributed by atoms with Crippen molar-refractivity contribution in [3.63, 3.8) is 0 Å². The molecule has 12 heavy (non-hydrogen) atoms. The average Bonchev–Trinajstić information content (AvgIpc) is 1.96. The van der Waals surface area contributed by atoms with Crippen LogP contribution in [0.1, 0.15) is 33.6 Å². The van der Waals surface area contributed by atoms with Gasteiger partial charge in [-0.2, -0.15) is 5.10 Å². The maximum absolute atomic E-state index is 10.2. The standard InChI is InChI=1S/C8H17N3O/c1-6(2)4-5-7(3)10-11-8(9)12/h6H,4-5H2,1-3H3,(H3,9,11,12). The zero-order valence-corrected chi connectivity index (χ0v) is 7.92. The van der Waals surface area contributed by atoms with Crippen LogP contribution in [0.4, 0.5) is 4.79 Å². The Kier molecular flexibility index (Phi) is 5.08. The minimum Gasteiger partial charge on any atom is -0.350 e. The largest absolute Gasteiger partial charge is 0.350 e. The lowest BCUT2D eigenvalue weighted by molar-refractivity contribution is 0.249. The number of hydrogen-bond acceptors (Lipinski definition) is 2. The molecule has 0 radical (unpaired) electrons. The molecule has 0 atom stereocenters. The molecule has 0 aliphatic rings. The Morgan fingerprint density at radius 3 is 2.58 bits per heavy atom. The molecule has 3 N–H and O–H groups in total. The Bertz CT molecular complexity index is 175. The van der Waals surface area contributed by atoms with Crippen LogP contribution >= 0.6 is 0 Å². The van der Waals surface area contributed by atoms with E-state index in [2.05, 4.69) is 24.4 Å². The number of hydrazone groups is 1. The maximum Gasteiger partial charge on any atom is 0.332 e. The fraction of sp³-hybridized carbons (Fsp3) is 0.750. The zero-order chi connectivity index (χ0) is 9.56. The Morgan fingerprint density at radius 1 is 1.58 bits per heavy atom. The van der Waals surface area contributed by atoms with Gasteiger partial charge < -0.3 is 5.73 Å². The predicted octanol–water partition coefficient (Wildman–Crippen LogP) is 1.47. The van der Waals surface area contributed by atoms with E-state index in [1.807, 2.05) is 6.92 Å². The van der Waals surface area contributed by atoms with Crippen molar-refractivity contribution in [3.8, 4) is 0 Å². The number of urea groups is 1. The van der Waals surface area contributed by atoms with E-state index >= 15 is 0 Å². The first-order valence-corrected chi connectivity index (χ1v) is 4.11. The van der Waals surface area contributed by atoms with Crippen molar-refractivity contribution < 1.29 is 4.79 Å². The third-order valence-electron chi connectivity index (χ3n) is 1.44. The number of nitrogens with one attached hydrogen (secondary N) is 1. The molecule has 0 aromatic heterocycles. The van der Waals surface area contributed by atoms with Gasteiger partial charge in [-0.15, -0.1) is 0 Å². The number of carbonyl (C=O) groups excluding carboxylic acids is 1. The van der Waals surface area contributed by atoms with Crippen LogP contribution in [-0.2, 0) is 0 Å². The molecule has 0 unspecified atom stereocenters. The first-order chi connectivity index (χ1) is 5.52. The van der Waals surface area contributed by atoms with Crippen LogP contribution in [0, 0.1) is 5.92 Å². The Hall–Kier alpha value is -1.06. The smallest absolute Gasteiger partial charge is 0.332 e. The number of rotatable bonds is 4. The second-order valence-electron chi connectivity index (χ2n) is 3.26. The highest BCUT2D eigenvalue weighted by atomic mass is 16.2. The average molecular weight is 171 g/mol. The molecule has 0 heterocycles. The quantitative estimate of drug-likeness (QED) is 0.488. The van der Waals surface area contributed by atoms with Crippen molar-refractivity contribution in [1.29, 1.82) is 0 Å². The molecule has 2 amide bonds. The van der Waals surface area contributed by atoms with Crippen molar-refractivity contribution in [3.05, 3.63) is 0 Å². The number of primary amides is 1. The first kappa shape index (κ1) is 10.9. The van der Waals surface area contributed by atoms with Crippen LogP contribution in [0.5, 0.6) is 0 Å². The molecule has 0 aliphatic heterocycles. The lowest BCUT2D eigenvalue weighted by Gasteiger charge is -2.03. The second-order valence-corrected chi connectivity index (χ2v) is 3.26. The lowest BCUT2D eigenvalue weighted by atomic mass is 10.1. The summed E-state index contributed by atoms with van der Waals surface area (Å²) in [5.74, 6) is 0.656. The summed E-state index contributed by atoms with van der Waals surface area (Å²) in [5.41, 5.74) is 7.94. The molecule has 0 rings (SSSR count). The summed E-state index contributed by atoms with van der Waals surface area (Å²) in [7, 11) is 0. The third kappa shape index (κ3) is 7.05. The van der Waals surface area contributed by atoms with Gasteiger partial charge in [0, 0.05) is 5.71 Å². The van der Waals surface area contributed by atoms with Crippen LogP contribution < -0.4 is 11.2 Å². The van der Waals surface area contributed by atoms with E-state index in [1.165, 1.54) is 0 Å². The molecule has 4 heteroatoms. The molecule has 0 fully saturated rings. The summed E-state index contributed by atoms with van der Waals surface area (Å²) >= 11 is 0. The molecule has 0 saturated heterocycles.